The summed E-state index contributed by atoms with van der Waals surface area (Å²) >= 11 is 2.10. The van der Waals surface area contributed by atoms with Crippen LogP contribution in [0, 0.1) is 0 Å². The number of hydrogen-bond acceptors (Lipinski definition) is 16. The zero-order valence-electron chi connectivity index (χ0n) is 33.1. The van der Waals surface area contributed by atoms with Crippen LogP contribution in [0.5, 0.6) is 0 Å². The van der Waals surface area contributed by atoms with Crippen LogP contribution in [0.1, 0.15) is 113 Å². The Morgan fingerprint density at radius 3 is 1.26 bits per heavy atom. The zero-order chi connectivity index (χ0) is 40.2. The number of thiazole rings is 2. The average molecular weight is 799 g/mol. The number of carbonyl (C=O) groups is 6. The fraction of sp³-hybridized carbons (Fsp3) is 0.625. The number of hydrogen-bond donors (Lipinski definition) is 5. The van der Waals surface area contributed by atoms with Crippen molar-refractivity contribution in [2.45, 2.75) is 124 Å². The molecular formula is C32H51LiN6O13S2. The minimum atomic E-state index is -1.40. The second-order valence-corrected chi connectivity index (χ2v) is 16.4. The molecule has 0 saturated carbocycles. The molecule has 2 rings (SSSR count). The first-order chi connectivity index (χ1) is 23.6. The van der Waals surface area contributed by atoms with Crippen LogP contribution >= 0.6 is 22.7 Å². The predicted octanol–water partition coefficient (Wildman–Crippen LogP) is 3.59. The van der Waals surface area contributed by atoms with Crippen LogP contribution in [-0.4, -0.2) is 85.9 Å². The molecule has 0 aliphatic rings. The number of alkyl carbamates (subject to hydrolysis) is 2. The van der Waals surface area contributed by atoms with Crippen molar-refractivity contribution in [1.29, 1.82) is 0 Å². The Balaban J connectivity index is 0. The van der Waals surface area contributed by atoms with E-state index in [4.69, 9.17) is 23.7 Å². The van der Waals surface area contributed by atoms with Gasteiger partial charge in [0, 0.05) is 10.8 Å². The molecule has 4 amide bonds. The molecule has 2 unspecified atom stereocenters. The molecule has 0 aromatic carbocycles. The standard InChI is InChI=1S/C17H27N3O6S.C15H23N3O6S.Li.H2O/c1-8-24-12(21)11(19-14(22)25-16(2,3)4)10-9-27-13(18-10)20-15(23)26-17(5,6)7;1-14(2,3)23-12(21)17-9(10(19)20)8-7-25-11(16-8)18-13(22)24-15(4,5)6;;/h9,11H,8H2,1-7H3,(H,19,22)(H,18,20,23);7,9H,1-6H3,(H,17,21)(H,19,20)(H,16,18,22);;1H2/q;;+1;/p-1. The number of aromatic nitrogens is 2. The van der Waals surface area contributed by atoms with Gasteiger partial charge in [-0.25, -0.2) is 38.7 Å². The maximum Gasteiger partial charge on any atom is 1.00 e. The van der Waals surface area contributed by atoms with E-state index in [2.05, 4.69) is 31.2 Å². The van der Waals surface area contributed by atoms with Gasteiger partial charge >= 0.3 is 55.2 Å². The number of esters is 1. The summed E-state index contributed by atoms with van der Waals surface area (Å²) in [6, 6.07) is -2.56. The number of amides is 4. The Hall–Kier alpha value is -4.16. The topological polar surface area (TPSA) is 273 Å². The molecule has 22 heteroatoms. The first-order valence-electron chi connectivity index (χ1n) is 15.9. The number of nitrogens with one attached hydrogen (secondary N) is 4. The first kappa shape index (κ1) is 51.9. The van der Waals surface area contributed by atoms with Crippen LogP contribution in [0.25, 0.3) is 0 Å². The van der Waals surface area contributed by atoms with Crippen molar-refractivity contribution in [3.63, 3.8) is 0 Å². The van der Waals surface area contributed by atoms with E-state index in [1.54, 1.807) is 90.0 Å². The van der Waals surface area contributed by atoms with Crippen molar-refractivity contribution in [3.05, 3.63) is 22.1 Å². The molecule has 0 radical (unpaired) electrons. The number of ether oxygens (including phenoxy) is 5. The summed E-state index contributed by atoms with van der Waals surface area (Å²) in [6.45, 7) is 22.2. The zero-order valence-corrected chi connectivity index (χ0v) is 34.7. The molecule has 300 valence electrons. The molecule has 2 aromatic rings. The maximum atomic E-state index is 12.2. The van der Waals surface area contributed by atoms with Crippen molar-refractivity contribution in [2.75, 3.05) is 17.2 Å². The SMILES string of the molecule is CC(C)(C)OC(=O)Nc1nc(C(NC(=O)OC(C)(C)C)C(=O)O)cs1.CCOC(=O)C(NC(=O)OC(C)(C)C)c1csc(NC(=O)OC(C)(C)C)n1.[Li+].[OH-]. The molecule has 6 N–H and O–H groups in total. The van der Waals surface area contributed by atoms with E-state index in [-0.39, 0.29) is 52.6 Å². The van der Waals surface area contributed by atoms with Crippen LogP contribution in [0.4, 0.5) is 29.4 Å². The van der Waals surface area contributed by atoms with Gasteiger partial charge in [-0.3, -0.25) is 10.6 Å². The van der Waals surface area contributed by atoms with Crippen LogP contribution in [-0.2, 0) is 33.3 Å². The Morgan fingerprint density at radius 1 is 0.630 bits per heavy atom. The monoisotopic (exact) mass is 798 g/mol. The average Bonchev–Trinajstić information content (AvgIpc) is 3.56. The van der Waals surface area contributed by atoms with E-state index in [0.717, 1.165) is 22.7 Å². The van der Waals surface area contributed by atoms with Gasteiger partial charge in [0.25, 0.3) is 0 Å². The van der Waals surface area contributed by atoms with Crippen LogP contribution in [0.2, 0.25) is 0 Å². The van der Waals surface area contributed by atoms with Crippen molar-refractivity contribution < 1.29 is 81.9 Å². The predicted molar refractivity (Wildman–Crippen MR) is 194 cm³/mol. The largest absolute Gasteiger partial charge is 1.00 e. The molecule has 0 bridgehead atoms. The Labute approximate surface area is 334 Å². The first-order valence-corrected chi connectivity index (χ1v) is 17.6. The van der Waals surface area contributed by atoms with Crippen LogP contribution < -0.4 is 40.1 Å². The molecular weight excluding hydrogens is 747 g/mol. The van der Waals surface area contributed by atoms with Gasteiger partial charge in [0.2, 0.25) is 0 Å². The molecule has 54 heavy (non-hydrogen) atoms. The van der Waals surface area contributed by atoms with E-state index in [9.17, 15) is 33.9 Å². The quantitative estimate of drug-likeness (QED) is 0.138. The smallest absolute Gasteiger partial charge is 0.870 e. The molecule has 0 saturated heterocycles. The maximum absolute atomic E-state index is 12.2. The Kier molecular flexibility index (Phi) is 20.8. The number of carbonyl (C=O) groups excluding carboxylic acids is 5. The molecule has 2 aromatic heterocycles. The van der Waals surface area contributed by atoms with Crippen molar-refractivity contribution in [1.82, 2.24) is 20.6 Å². The molecule has 2 atom stereocenters. The Bertz CT molecular complexity index is 1560. The number of nitrogens with zero attached hydrogens (tertiary/aromatic N) is 2. The fourth-order valence-electron chi connectivity index (χ4n) is 3.33. The summed E-state index contributed by atoms with van der Waals surface area (Å²) in [4.78, 5) is 79.1. The molecule has 0 spiro atoms. The number of carboxylic acids is 1. The van der Waals surface area contributed by atoms with Gasteiger partial charge in [0.1, 0.15) is 22.4 Å². The minimum Gasteiger partial charge on any atom is -0.870 e. The van der Waals surface area contributed by atoms with Crippen LogP contribution in [0.15, 0.2) is 10.8 Å². The van der Waals surface area contributed by atoms with Crippen molar-refractivity contribution in [2.24, 2.45) is 0 Å². The summed E-state index contributed by atoms with van der Waals surface area (Å²) < 4.78 is 25.4. The second-order valence-electron chi connectivity index (χ2n) is 14.7. The fourth-order valence-corrected chi connectivity index (χ4v) is 4.77. The van der Waals surface area contributed by atoms with E-state index < -0.39 is 70.8 Å². The number of aliphatic carboxylic acids is 1. The van der Waals surface area contributed by atoms with Gasteiger partial charge in [0.05, 0.1) is 18.0 Å². The molecule has 19 nitrogen and oxygen atoms in total. The van der Waals surface area contributed by atoms with Crippen molar-refractivity contribution in [3.8, 4) is 0 Å². The summed E-state index contributed by atoms with van der Waals surface area (Å²) in [5.74, 6) is -1.99. The normalized spacial score (nSPS) is 12.3. The van der Waals surface area contributed by atoms with Gasteiger partial charge in [0.15, 0.2) is 22.3 Å². The Morgan fingerprint density at radius 2 is 0.944 bits per heavy atom. The van der Waals surface area contributed by atoms with E-state index in [1.165, 1.54) is 10.8 Å². The second kappa shape index (κ2) is 21.7. The third-order valence-corrected chi connectivity index (χ3v) is 6.49. The summed E-state index contributed by atoms with van der Waals surface area (Å²) in [6.07, 6.45) is -3.04. The number of anilines is 2. The minimum absolute atomic E-state index is 0. The van der Waals surface area contributed by atoms with E-state index in [0.29, 0.717) is 0 Å². The summed E-state index contributed by atoms with van der Waals surface area (Å²) in [5.41, 5.74) is -2.54. The van der Waals surface area contributed by atoms with E-state index >= 15 is 0 Å². The van der Waals surface area contributed by atoms with Gasteiger partial charge in [-0.05, 0) is 90.0 Å². The van der Waals surface area contributed by atoms with Crippen LogP contribution in [0.3, 0.4) is 0 Å². The van der Waals surface area contributed by atoms with E-state index in [1.807, 2.05) is 0 Å². The van der Waals surface area contributed by atoms with Gasteiger partial charge in [-0.1, -0.05) is 0 Å². The number of carboxylic acid groups (broad SMARTS) is 1. The van der Waals surface area contributed by atoms with Gasteiger partial charge in [-0.15, -0.1) is 22.7 Å². The third-order valence-electron chi connectivity index (χ3n) is 4.94. The molecule has 0 fully saturated rings. The third kappa shape index (κ3) is 22.1. The number of rotatable bonds is 9. The molecule has 0 aliphatic carbocycles. The van der Waals surface area contributed by atoms with Gasteiger partial charge in [-0.2, -0.15) is 0 Å². The van der Waals surface area contributed by atoms with Crippen molar-refractivity contribution >= 4 is 69.2 Å². The summed E-state index contributed by atoms with van der Waals surface area (Å²) in [7, 11) is 0. The molecule has 0 aliphatic heterocycles. The summed E-state index contributed by atoms with van der Waals surface area (Å²) in [5, 5.41) is 22.2. The molecule has 2 heterocycles. The van der Waals surface area contributed by atoms with Gasteiger partial charge < -0.3 is 44.9 Å².